The van der Waals surface area contributed by atoms with E-state index >= 15 is 0 Å². The van der Waals surface area contributed by atoms with Crippen LogP contribution in [0, 0.1) is 0 Å². The zero-order valence-electron chi connectivity index (χ0n) is 26.2. The second-order valence-corrected chi connectivity index (χ2v) is 10.5. The smallest absolute Gasteiger partial charge is 0.280 e. The van der Waals surface area contributed by atoms with E-state index in [1.54, 1.807) is 28.3 Å². The van der Waals surface area contributed by atoms with E-state index in [-0.39, 0.29) is 0 Å². The fraction of sp³-hybridized carbons (Fsp3) is 0.222. The Balaban J connectivity index is 1.68. The Labute approximate surface area is 263 Å². The SMILES string of the molecule is CONC(=O)C(C)(OC)c1ccc(-c2cnn(C(c3ccc(OC)cc3)(c3ccc(OC)cc3)c3ccc(OC)cc3)c2)cc1. The largest absolute Gasteiger partial charge is 0.497 e. The van der Waals surface area contributed by atoms with Crippen molar-refractivity contribution in [2.75, 3.05) is 35.5 Å². The van der Waals surface area contributed by atoms with Gasteiger partial charge in [0, 0.05) is 18.9 Å². The molecule has 9 nitrogen and oxygen atoms in total. The highest BCUT2D eigenvalue weighted by molar-refractivity contribution is 5.85. The van der Waals surface area contributed by atoms with Crippen molar-refractivity contribution < 1.29 is 28.6 Å². The molecule has 232 valence electrons. The highest BCUT2D eigenvalue weighted by Gasteiger charge is 2.40. The second-order valence-electron chi connectivity index (χ2n) is 10.5. The van der Waals surface area contributed by atoms with Crippen molar-refractivity contribution >= 4 is 5.91 Å². The first kappa shape index (κ1) is 31.3. The van der Waals surface area contributed by atoms with E-state index in [2.05, 4.69) is 41.9 Å². The summed E-state index contributed by atoms with van der Waals surface area (Å²) in [4.78, 5) is 17.5. The van der Waals surface area contributed by atoms with E-state index in [1.165, 1.54) is 14.2 Å². The van der Waals surface area contributed by atoms with Crippen LogP contribution in [0.1, 0.15) is 29.2 Å². The van der Waals surface area contributed by atoms with Crippen LogP contribution in [0.15, 0.2) is 109 Å². The molecule has 1 heterocycles. The zero-order chi connectivity index (χ0) is 32.0. The maximum atomic E-state index is 12.7. The number of hydrogen-bond donors (Lipinski definition) is 1. The van der Waals surface area contributed by atoms with Crippen molar-refractivity contribution in [2.45, 2.75) is 18.1 Å². The van der Waals surface area contributed by atoms with Gasteiger partial charge in [0.15, 0.2) is 5.60 Å². The number of carbonyl (C=O) groups is 1. The molecular formula is C36H37N3O6. The molecule has 1 atom stereocenters. The number of hydrogen-bond acceptors (Lipinski definition) is 7. The predicted molar refractivity (Wildman–Crippen MR) is 171 cm³/mol. The van der Waals surface area contributed by atoms with Gasteiger partial charge in [-0.1, -0.05) is 60.7 Å². The molecule has 0 aliphatic heterocycles. The molecule has 1 unspecified atom stereocenters. The van der Waals surface area contributed by atoms with E-state index in [9.17, 15) is 4.79 Å². The van der Waals surface area contributed by atoms with Crippen LogP contribution in [0.5, 0.6) is 17.2 Å². The number of nitrogens with zero attached hydrogens (tertiary/aromatic N) is 2. The van der Waals surface area contributed by atoms with E-state index in [4.69, 9.17) is 28.9 Å². The molecule has 4 aromatic carbocycles. The van der Waals surface area contributed by atoms with Crippen molar-refractivity contribution in [2.24, 2.45) is 0 Å². The standard InChI is InChI=1S/C36H37N3O6/c1-35(44-5,34(40)38-45-6)27-9-7-25(8-10-27)26-23-37-39(24-26)36(28-11-17-31(41-2)18-12-28,29-13-19-32(42-3)20-14-29)30-15-21-33(43-4)22-16-30/h7-24H,1-6H3,(H,38,40). The van der Waals surface area contributed by atoms with Crippen molar-refractivity contribution in [3.8, 4) is 28.4 Å². The zero-order valence-corrected chi connectivity index (χ0v) is 26.2. The summed E-state index contributed by atoms with van der Waals surface area (Å²) in [5.74, 6) is 1.85. The number of aromatic nitrogens is 2. The van der Waals surface area contributed by atoms with Crippen LogP contribution in [0.2, 0.25) is 0 Å². The van der Waals surface area contributed by atoms with E-state index < -0.39 is 17.0 Å². The molecule has 9 heteroatoms. The fourth-order valence-corrected chi connectivity index (χ4v) is 5.56. The van der Waals surface area contributed by atoms with Gasteiger partial charge in [-0.3, -0.25) is 14.3 Å². The minimum Gasteiger partial charge on any atom is -0.497 e. The van der Waals surface area contributed by atoms with Crippen molar-refractivity contribution in [3.63, 3.8) is 0 Å². The van der Waals surface area contributed by atoms with E-state index in [0.29, 0.717) is 5.56 Å². The molecule has 0 fully saturated rings. The number of hydroxylamine groups is 1. The molecule has 0 bridgehead atoms. The third-order valence-electron chi connectivity index (χ3n) is 8.26. The third-order valence-corrected chi connectivity index (χ3v) is 8.26. The molecule has 1 aromatic heterocycles. The lowest BCUT2D eigenvalue weighted by Gasteiger charge is -2.36. The van der Waals surface area contributed by atoms with Gasteiger partial charge in [-0.25, -0.2) is 5.48 Å². The monoisotopic (exact) mass is 607 g/mol. The Morgan fingerprint density at radius 1 is 0.622 bits per heavy atom. The Morgan fingerprint density at radius 2 is 1.04 bits per heavy atom. The number of rotatable bonds is 12. The summed E-state index contributed by atoms with van der Waals surface area (Å²) in [5.41, 5.74) is 5.68. The average Bonchev–Trinajstić information content (AvgIpc) is 3.60. The molecule has 0 radical (unpaired) electrons. The lowest BCUT2D eigenvalue weighted by Crippen LogP contribution is -2.43. The maximum absolute atomic E-state index is 12.7. The van der Waals surface area contributed by atoms with Gasteiger partial charge in [0.1, 0.15) is 22.8 Å². The fourth-order valence-electron chi connectivity index (χ4n) is 5.56. The highest BCUT2D eigenvalue weighted by Crippen LogP contribution is 2.43. The summed E-state index contributed by atoms with van der Waals surface area (Å²) in [6, 6.07) is 31.7. The molecule has 1 N–H and O–H groups in total. The van der Waals surface area contributed by atoms with Crippen LogP contribution in [0.4, 0.5) is 0 Å². The predicted octanol–water partition coefficient (Wildman–Crippen LogP) is 5.96. The topological polar surface area (TPSA) is 93.1 Å². The first-order valence-electron chi connectivity index (χ1n) is 14.3. The summed E-state index contributed by atoms with van der Waals surface area (Å²) < 4.78 is 24.1. The number of ether oxygens (including phenoxy) is 4. The number of amides is 1. The molecule has 0 aliphatic rings. The van der Waals surface area contributed by atoms with Crippen LogP contribution in [-0.2, 0) is 25.5 Å². The van der Waals surface area contributed by atoms with Crippen molar-refractivity contribution in [3.05, 3.63) is 132 Å². The summed E-state index contributed by atoms with van der Waals surface area (Å²) in [5, 5.41) is 4.98. The van der Waals surface area contributed by atoms with E-state index in [0.717, 1.165) is 45.1 Å². The number of benzene rings is 4. The van der Waals surface area contributed by atoms with Gasteiger partial charge in [-0.05, 0) is 71.1 Å². The molecule has 0 saturated carbocycles. The van der Waals surface area contributed by atoms with E-state index in [1.807, 2.05) is 77.7 Å². The summed E-state index contributed by atoms with van der Waals surface area (Å²) in [6.45, 7) is 1.70. The lowest BCUT2D eigenvalue weighted by atomic mass is 9.77. The van der Waals surface area contributed by atoms with Crippen LogP contribution >= 0.6 is 0 Å². The summed E-state index contributed by atoms with van der Waals surface area (Å²) in [7, 11) is 7.83. The maximum Gasteiger partial charge on any atom is 0.280 e. The molecule has 1 amide bonds. The van der Waals surface area contributed by atoms with Crippen LogP contribution in [-0.4, -0.2) is 51.2 Å². The average molecular weight is 608 g/mol. The van der Waals surface area contributed by atoms with Gasteiger partial charge in [0.2, 0.25) is 0 Å². The second kappa shape index (κ2) is 13.3. The first-order chi connectivity index (χ1) is 21.8. The Hall–Kier alpha value is -5.12. The summed E-state index contributed by atoms with van der Waals surface area (Å²) >= 11 is 0. The first-order valence-corrected chi connectivity index (χ1v) is 14.3. The highest BCUT2D eigenvalue weighted by atomic mass is 16.6. The van der Waals surface area contributed by atoms with Crippen LogP contribution in [0.3, 0.4) is 0 Å². The molecule has 0 saturated heterocycles. The van der Waals surface area contributed by atoms with Crippen molar-refractivity contribution in [1.82, 2.24) is 15.3 Å². The van der Waals surface area contributed by atoms with Gasteiger partial charge in [-0.15, -0.1) is 0 Å². The number of nitrogens with one attached hydrogen (secondary N) is 1. The van der Waals surface area contributed by atoms with Gasteiger partial charge < -0.3 is 18.9 Å². The molecule has 5 rings (SSSR count). The Bertz CT molecular complexity index is 1600. The quantitative estimate of drug-likeness (QED) is 0.138. The number of methoxy groups -OCH3 is 4. The molecule has 0 spiro atoms. The minimum atomic E-state index is -1.23. The van der Waals surface area contributed by atoms with Crippen molar-refractivity contribution in [1.29, 1.82) is 0 Å². The number of carbonyl (C=O) groups excluding carboxylic acids is 1. The third kappa shape index (κ3) is 5.75. The Morgan fingerprint density at radius 3 is 1.42 bits per heavy atom. The molecule has 0 aliphatic carbocycles. The summed E-state index contributed by atoms with van der Waals surface area (Å²) in [6.07, 6.45) is 3.87. The van der Waals surface area contributed by atoms with Crippen LogP contribution < -0.4 is 19.7 Å². The molecule has 5 aromatic rings. The van der Waals surface area contributed by atoms with Gasteiger partial charge in [0.25, 0.3) is 5.91 Å². The van der Waals surface area contributed by atoms with Gasteiger partial charge >= 0.3 is 0 Å². The lowest BCUT2D eigenvalue weighted by molar-refractivity contribution is -0.153. The minimum absolute atomic E-state index is 0.406. The molecule has 45 heavy (non-hydrogen) atoms. The normalized spacial score (nSPS) is 12.7. The van der Waals surface area contributed by atoms with Gasteiger partial charge in [-0.2, -0.15) is 5.10 Å². The Kier molecular flexibility index (Phi) is 9.22. The van der Waals surface area contributed by atoms with Crippen LogP contribution in [0.25, 0.3) is 11.1 Å². The molecular weight excluding hydrogens is 570 g/mol. The van der Waals surface area contributed by atoms with Gasteiger partial charge in [0.05, 0.1) is 34.6 Å².